The van der Waals surface area contributed by atoms with E-state index in [2.05, 4.69) is 14.8 Å². The highest BCUT2D eigenvalue weighted by atomic mass is 16.5. The number of amides is 1. The molecule has 1 aromatic heterocycles. The Labute approximate surface area is 154 Å². The summed E-state index contributed by atoms with van der Waals surface area (Å²) in [5.41, 5.74) is 0.526. The summed E-state index contributed by atoms with van der Waals surface area (Å²) in [6, 6.07) is 6.03. The first-order chi connectivity index (χ1) is 12.6. The molecule has 0 bridgehead atoms. The molecule has 0 aromatic carbocycles. The molecule has 4 rings (SSSR count). The summed E-state index contributed by atoms with van der Waals surface area (Å²) in [5.74, 6) is 0.798. The Hall–Kier alpha value is -2.11. The number of piperidine rings is 2. The van der Waals surface area contributed by atoms with Gasteiger partial charge in [0.1, 0.15) is 5.82 Å². The van der Waals surface area contributed by atoms with Crippen molar-refractivity contribution in [3.63, 3.8) is 0 Å². The van der Waals surface area contributed by atoms with Crippen molar-refractivity contribution in [2.45, 2.75) is 51.5 Å². The van der Waals surface area contributed by atoms with Gasteiger partial charge in [0.25, 0.3) is 0 Å². The summed E-state index contributed by atoms with van der Waals surface area (Å²) in [7, 11) is 0. The average molecular weight is 357 g/mol. The molecular formula is C20H27N3O3. The van der Waals surface area contributed by atoms with Crippen molar-refractivity contribution in [2.75, 3.05) is 31.1 Å². The molecule has 3 fully saturated rings. The smallest absolute Gasteiger partial charge is 0.356 e. The van der Waals surface area contributed by atoms with E-state index in [1.165, 1.54) is 0 Å². The zero-order valence-corrected chi connectivity index (χ0v) is 15.4. The third-order valence-corrected chi connectivity index (χ3v) is 5.89. The Morgan fingerprint density at radius 2 is 2.15 bits per heavy atom. The Morgan fingerprint density at radius 3 is 2.92 bits per heavy atom. The monoisotopic (exact) mass is 357 g/mol. The van der Waals surface area contributed by atoms with Crippen LogP contribution < -0.4 is 4.90 Å². The van der Waals surface area contributed by atoms with Crippen molar-refractivity contribution in [1.82, 2.24) is 9.88 Å². The van der Waals surface area contributed by atoms with E-state index < -0.39 is 0 Å². The molecule has 1 saturated carbocycles. The quantitative estimate of drug-likeness (QED) is 0.775. The highest BCUT2D eigenvalue weighted by molar-refractivity contribution is 5.87. The molecule has 6 nitrogen and oxygen atoms in total. The normalized spacial score (nSPS) is 26.3. The van der Waals surface area contributed by atoms with E-state index in [-0.39, 0.29) is 11.4 Å². The van der Waals surface area contributed by atoms with Crippen molar-refractivity contribution in [3.8, 4) is 0 Å². The van der Waals surface area contributed by atoms with Gasteiger partial charge in [0.2, 0.25) is 5.91 Å². The molecule has 1 spiro atoms. The molecule has 3 aliphatic rings. The molecule has 0 unspecified atom stereocenters. The topological polar surface area (TPSA) is 62.7 Å². The lowest BCUT2D eigenvalue weighted by Gasteiger charge is -2.48. The summed E-state index contributed by atoms with van der Waals surface area (Å²) < 4.78 is 5.08. The van der Waals surface area contributed by atoms with Crippen LogP contribution in [0, 0.1) is 5.41 Å². The van der Waals surface area contributed by atoms with Gasteiger partial charge in [0.15, 0.2) is 5.69 Å². The van der Waals surface area contributed by atoms with Crippen LogP contribution in [0.4, 0.5) is 5.82 Å². The number of carbonyl (C=O) groups excluding carboxylic acids is 2. The van der Waals surface area contributed by atoms with Gasteiger partial charge in [-0.25, -0.2) is 9.78 Å². The van der Waals surface area contributed by atoms with Crippen molar-refractivity contribution >= 4 is 17.7 Å². The fraction of sp³-hybridized carbons (Fsp3) is 0.650. The van der Waals surface area contributed by atoms with E-state index in [1.54, 1.807) is 13.0 Å². The maximum absolute atomic E-state index is 12.3. The molecule has 6 heteroatoms. The predicted octanol–water partition coefficient (Wildman–Crippen LogP) is 2.63. The molecular weight excluding hydrogens is 330 g/mol. The van der Waals surface area contributed by atoms with Crippen LogP contribution >= 0.6 is 0 Å². The van der Waals surface area contributed by atoms with Gasteiger partial charge in [-0.1, -0.05) is 6.07 Å². The molecule has 1 aromatic rings. The number of aromatic nitrogens is 1. The molecule has 2 saturated heterocycles. The largest absolute Gasteiger partial charge is 0.461 e. The van der Waals surface area contributed by atoms with E-state index in [9.17, 15) is 9.59 Å². The van der Waals surface area contributed by atoms with Gasteiger partial charge in [0.05, 0.1) is 6.61 Å². The van der Waals surface area contributed by atoms with Gasteiger partial charge in [-0.2, -0.15) is 0 Å². The van der Waals surface area contributed by atoms with Crippen LogP contribution in [0.3, 0.4) is 0 Å². The number of rotatable bonds is 4. The Morgan fingerprint density at radius 1 is 1.31 bits per heavy atom. The minimum atomic E-state index is -0.371. The van der Waals surface area contributed by atoms with Gasteiger partial charge >= 0.3 is 5.97 Å². The molecule has 1 aliphatic carbocycles. The standard InChI is InChI=1S/C20H27N3O3/c1-2-26-19(25)16-5-3-6-17(21-16)22-12-4-10-20(13-22)11-9-18(24)23(14-20)15-7-8-15/h3,5-6,15H,2,4,7-14H2,1H3/t20-/m0/s1. The number of carbonyl (C=O) groups is 2. The van der Waals surface area contributed by atoms with Crippen LogP contribution in [0.1, 0.15) is 55.9 Å². The van der Waals surface area contributed by atoms with E-state index in [0.29, 0.717) is 30.7 Å². The summed E-state index contributed by atoms with van der Waals surface area (Å²) in [4.78, 5) is 33.2. The third-order valence-electron chi connectivity index (χ3n) is 5.89. The van der Waals surface area contributed by atoms with Crippen molar-refractivity contribution in [1.29, 1.82) is 0 Å². The number of pyridine rings is 1. The summed E-state index contributed by atoms with van der Waals surface area (Å²) in [6.45, 7) is 4.88. The number of hydrogen-bond acceptors (Lipinski definition) is 5. The zero-order chi connectivity index (χ0) is 18.1. The molecule has 0 radical (unpaired) electrons. The third kappa shape index (κ3) is 3.41. The minimum absolute atomic E-state index is 0.163. The highest BCUT2D eigenvalue weighted by Gasteiger charge is 2.45. The van der Waals surface area contributed by atoms with Gasteiger partial charge in [0, 0.05) is 37.5 Å². The number of esters is 1. The van der Waals surface area contributed by atoms with Crippen LogP contribution in [0.2, 0.25) is 0 Å². The van der Waals surface area contributed by atoms with Gasteiger partial charge in [-0.05, 0) is 51.2 Å². The number of anilines is 1. The van der Waals surface area contributed by atoms with E-state index in [1.807, 2.05) is 12.1 Å². The van der Waals surface area contributed by atoms with Gasteiger partial charge in [-0.3, -0.25) is 4.79 Å². The Kier molecular flexibility index (Phi) is 4.59. The molecule has 1 atom stereocenters. The fourth-order valence-corrected chi connectivity index (χ4v) is 4.42. The SMILES string of the molecule is CCOC(=O)c1cccc(N2CCC[C@]3(CCC(=O)N(C4CC4)C3)C2)n1. The summed E-state index contributed by atoms with van der Waals surface area (Å²) >= 11 is 0. The van der Waals surface area contributed by atoms with Crippen molar-refractivity contribution in [3.05, 3.63) is 23.9 Å². The molecule has 1 amide bonds. The van der Waals surface area contributed by atoms with E-state index in [0.717, 1.165) is 57.6 Å². The number of likely N-dealkylation sites (tertiary alicyclic amines) is 1. The summed E-state index contributed by atoms with van der Waals surface area (Å²) in [6.07, 6.45) is 6.21. The minimum Gasteiger partial charge on any atom is -0.461 e. The van der Waals surface area contributed by atoms with Gasteiger partial charge in [-0.15, -0.1) is 0 Å². The highest BCUT2D eigenvalue weighted by Crippen LogP contribution is 2.43. The number of hydrogen-bond donors (Lipinski definition) is 0. The van der Waals surface area contributed by atoms with Crippen molar-refractivity contribution < 1.29 is 14.3 Å². The second-order valence-corrected chi connectivity index (χ2v) is 7.88. The van der Waals surface area contributed by atoms with Crippen LogP contribution in [-0.4, -0.2) is 54.0 Å². The molecule has 140 valence electrons. The first kappa shape index (κ1) is 17.3. The average Bonchev–Trinajstić information content (AvgIpc) is 3.50. The lowest BCUT2D eigenvalue weighted by molar-refractivity contribution is -0.138. The van der Waals surface area contributed by atoms with Crippen LogP contribution in [-0.2, 0) is 9.53 Å². The molecule has 0 N–H and O–H groups in total. The Balaban J connectivity index is 1.51. The lowest BCUT2D eigenvalue weighted by atomic mass is 9.73. The maximum atomic E-state index is 12.3. The first-order valence-corrected chi connectivity index (χ1v) is 9.79. The Bertz CT molecular complexity index is 703. The lowest BCUT2D eigenvalue weighted by Crippen LogP contribution is -2.54. The fourth-order valence-electron chi connectivity index (χ4n) is 4.42. The molecule has 2 aliphatic heterocycles. The molecule has 3 heterocycles. The summed E-state index contributed by atoms with van der Waals surface area (Å²) in [5, 5.41) is 0. The second kappa shape index (κ2) is 6.89. The maximum Gasteiger partial charge on any atom is 0.356 e. The predicted molar refractivity (Wildman–Crippen MR) is 98.0 cm³/mol. The number of ether oxygens (including phenoxy) is 1. The van der Waals surface area contributed by atoms with Gasteiger partial charge < -0.3 is 14.5 Å². The first-order valence-electron chi connectivity index (χ1n) is 9.79. The van der Waals surface area contributed by atoms with E-state index >= 15 is 0 Å². The van der Waals surface area contributed by atoms with Crippen molar-refractivity contribution in [2.24, 2.45) is 5.41 Å². The molecule has 26 heavy (non-hydrogen) atoms. The van der Waals surface area contributed by atoms with Crippen LogP contribution in [0.15, 0.2) is 18.2 Å². The van der Waals surface area contributed by atoms with E-state index in [4.69, 9.17) is 4.74 Å². The van der Waals surface area contributed by atoms with Crippen LogP contribution in [0.5, 0.6) is 0 Å². The second-order valence-electron chi connectivity index (χ2n) is 7.88. The zero-order valence-electron chi connectivity index (χ0n) is 15.4. The van der Waals surface area contributed by atoms with Crippen LogP contribution in [0.25, 0.3) is 0 Å². The number of nitrogens with zero attached hydrogens (tertiary/aromatic N) is 3.